The quantitative estimate of drug-likeness (QED) is 0.678. The molecule has 1 aromatic carbocycles. The lowest BCUT2D eigenvalue weighted by Crippen LogP contribution is -2.49. The maximum atomic E-state index is 11.6. The summed E-state index contributed by atoms with van der Waals surface area (Å²) >= 11 is 0. The van der Waals surface area contributed by atoms with Crippen molar-refractivity contribution < 1.29 is 9.53 Å². The van der Waals surface area contributed by atoms with Crippen molar-refractivity contribution >= 4 is 5.91 Å². The van der Waals surface area contributed by atoms with Gasteiger partial charge in [-0.3, -0.25) is 4.79 Å². The van der Waals surface area contributed by atoms with E-state index in [0.717, 1.165) is 19.3 Å². The second-order valence-corrected chi connectivity index (χ2v) is 5.13. The molecule has 20 heavy (non-hydrogen) atoms. The summed E-state index contributed by atoms with van der Waals surface area (Å²) in [5.41, 5.74) is 7.03. The van der Waals surface area contributed by atoms with E-state index in [1.807, 2.05) is 32.0 Å². The Morgan fingerprint density at radius 1 is 1.25 bits per heavy atom. The maximum Gasteiger partial charge on any atom is 0.246 e. The van der Waals surface area contributed by atoms with Gasteiger partial charge in [0.1, 0.15) is 6.61 Å². The van der Waals surface area contributed by atoms with Gasteiger partial charge in [0.05, 0.1) is 6.61 Å². The summed E-state index contributed by atoms with van der Waals surface area (Å²) in [6.45, 7) is 5.21. The van der Waals surface area contributed by atoms with Gasteiger partial charge in [0, 0.05) is 12.1 Å². The zero-order valence-electron chi connectivity index (χ0n) is 12.5. The lowest BCUT2D eigenvalue weighted by molar-refractivity contribution is -0.125. The first kappa shape index (κ1) is 16.7. The fourth-order valence-corrected chi connectivity index (χ4v) is 1.83. The molecular weight excluding hydrogens is 252 g/mol. The molecule has 0 bridgehead atoms. The van der Waals surface area contributed by atoms with E-state index in [1.165, 1.54) is 5.56 Å². The van der Waals surface area contributed by atoms with Crippen LogP contribution in [0, 0.1) is 0 Å². The molecule has 0 saturated heterocycles. The predicted octanol–water partition coefficient (Wildman–Crippen LogP) is 1.88. The monoisotopic (exact) mass is 278 g/mol. The number of hydrogen-bond donors (Lipinski definition) is 2. The molecule has 4 heteroatoms. The molecule has 4 nitrogen and oxygen atoms in total. The fraction of sp³-hybridized carbons (Fsp3) is 0.562. The summed E-state index contributed by atoms with van der Waals surface area (Å²) in [7, 11) is 0. The van der Waals surface area contributed by atoms with Crippen molar-refractivity contribution in [1.29, 1.82) is 0 Å². The van der Waals surface area contributed by atoms with Crippen molar-refractivity contribution in [3.8, 4) is 0 Å². The highest BCUT2D eigenvalue weighted by atomic mass is 16.5. The van der Waals surface area contributed by atoms with E-state index >= 15 is 0 Å². The first-order valence-electron chi connectivity index (χ1n) is 7.27. The molecule has 0 heterocycles. The smallest absolute Gasteiger partial charge is 0.246 e. The van der Waals surface area contributed by atoms with Crippen molar-refractivity contribution in [2.24, 2.45) is 5.73 Å². The molecule has 0 radical (unpaired) electrons. The zero-order chi connectivity index (χ0) is 14.8. The van der Waals surface area contributed by atoms with Crippen LogP contribution in [0.5, 0.6) is 0 Å². The molecule has 1 amide bonds. The summed E-state index contributed by atoms with van der Waals surface area (Å²) in [6.07, 6.45) is 2.51. The molecule has 1 rings (SSSR count). The molecule has 0 aliphatic carbocycles. The van der Waals surface area contributed by atoms with Crippen molar-refractivity contribution in [1.82, 2.24) is 5.32 Å². The molecule has 0 spiro atoms. The van der Waals surface area contributed by atoms with E-state index in [4.69, 9.17) is 10.5 Å². The van der Waals surface area contributed by atoms with Crippen molar-refractivity contribution in [3.63, 3.8) is 0 Å². The Labute approximate surface area is 121 Å². The van der Waals surface area contributed by atoms with Crippen LogP contribution in [0.25, 0.3) is 0 Å². The molecular formula is C16H26N2O2. The summed E-state index contributed by atoms with van der Waals surface area (Å²) in [5.74, 6) is -0.102. The Hall–Kier alpha value is -1.39. The third kappa shape index (κ3) is 6.17. The number of nitrogens with two attached hydrogens (primary N) is 1. The standard InChI is InChI=1S/C16H26N2O2/c1-3-16(17,4-2)13-18-15(19)12-20-11-10-14-8-6-5-7-9-14/h5-9H,3-4,10-13,17H2,1-2H3,(H,18,19). The number of benzene rings is 1. The van der Waals surface area contributed by atoms with Gasteiger partial charge in [-0.25, -0.2) is 0 Å². The Bertz CT molecular complexity index is 389. The number of carbonyl (C=O) groups excluding carboxylic acids is 1. The van der Waals surface area contributed by atoms with Gasteiger partial charge in [0.15, 0.2) is 0 Å². The third-order valence-corrected chi connectivity index (χ3v) is 3.66. The van der Waals surface area contributed by atoms with Gasteiger partial charge < -0.3 is 15.8 Å². The minimum Gasteiger partial charge on any atom is -0.371 e. The van der Waals surface area contributed by atoms with E-state index < -0.39 is 0 Å². The Kier molecular flexibility index (Phi) is 7.26. The molecule has 0 fully saturated rings. The van der Waals surface area contributed by atoms with Gasteiger partial charge in [-0.1, -0.05) is 44.2 Å². The molecule has 0 unspecified atom stereocenters. The van der Waals surface area contributed by atoms with Crippen LogP contribution >= 0.6 is 0 Å². The Morgan fingerprint density at radius 3 is 2.50 bits per heavy atom. The number of ether oxygens (including phenoxy) is 1. The average molecular weight is 278 g/mol. The predicted molar refractivity (Wildman–Crippen MR) is 81.5 cm³/mol. The second kappa shape index (κ2) is 8.72. The van der Waals surface area contributed by atoms with E-state index in [0.29, 0.717) is 13.2 Å². The second-order valence-electron chi connectivity index (χ2n) is 5.13. The van der Waals surface area contributed by atoms with E-state index in [1.54, 1.807) is 0 Å². The first-order chi connectivity index (χ1) is 9.59. The van der Waals surface area contributed by atoms with Gasteiger partial charge in [0.2, 0.25) is 5.91 Å². The van der Waals surface area contributed by atoms with Crippen molar-refractivity contribution in [3.05, 3.63) is 35.9 Å². The fourth-order valence-electron chi connectivity index (χ4n) is 1.83. The molecule has 0 atom stereocenters. The highest BCUT2D eigenvalue weighted by molar-refractivity contribution is 5.77. The first-order valence-corrected chi connectivity index (χ1v) is 7.27. The van der Waals surface area contributed by atoms with Crippen LogP contribution in [0.1, 0.15) is 32.3 Å². The van der Waals surface area contributed by atoms with Gasteiger partial charge in [0.25, 0.3) is 0 Å². The van der Waals surface area contributed by atoms with Crippen LogP contribution in [-0.2, 0) is 16.0 Å². The van der Waals surface area contributed by atoms with Crippen molar-refractivity contribution in [2.75, 3.05) is 19.8 Å². The average Bonchev–Trinajstić information content (AvgIpc) is 2.50. The van der Waals surface area contributed by atoms with Crippen LogP contribution in [0.15, 0.2) is 30.3 Å². The zero-order valence-corrected chi connectivity index (χ0v) is 12.5. The minimum absolute atomic E-state index is 0.0936. The Balaban J connectivity index is 2.14. The van der Waals surface area contributed by atoms with Crippen LogP contribution in [0.2, 0.25) is 0 Å². The molecule has 3 N–H and O–H groups in total. The van der Waals surface area contributed by atoms with E-state index in [9.17, 15) is 4.79 Å². The lowest BCUT2D eigenvalue weighted by Gasteiger charge is -2.26. The van der Waals surface area contributed by atoms with Crippen LogP contribution in [0.4, 0.5) is 0 Å². The highest BCUT2D eigenvalue weighted by Crippen LogP contribution is 2.09. The van der Waals surface area contributed by atoms with Gasteiger partial charge >= 0.3 is 0 Å². The molecule has 0 aromatic heterocycles. The topological polar surface area (TPSA) is 64.3 Å². The largest absolute Gasteiger partial charge is 0.371 e. The normalized spacial score (nSPS) is 11.3. The number of hydrogen-bond acceptors (Lipinski definition) is 3. The van der Waals surface area contributed by atoms with E-state index in [2.05, 4.69) is 17.4 Å². The van der Waals surface area contributed by atoms with Crippen LogP contribution in [0.3, 0.4) is 0 Å². The molecule has 0 aliphatic heterocycles. The molecule has 1 aromatic rings. The summed E-state index contributed by atoms with van der Waals surface area (Å²) < 4.78 is 5.38. The maximum absolute atomic E-state index is 11.6. The highest BCUT2D eigenvalue weighted by Gasteiger charge is 2.20. The SMILES string of the molecule is CCC(N)(CC)CNC(=O)COCCc1ccccc1. The summed E-state index contributed by atoms with van der Waals surface area (Å²) in [5, 5.41) is 2.83. The molecule has 0 saturated carbocycles. The third-order valence-electron chi connectivity index (χ3n) is 3.66. The Morgan fingerprint density at radius 2 is 1.90 bits per heavy atom. The number of carbonyl (C=O) groups is 1. The summed E-state index contributed by atoms with van der Waals surface area (Å²) in [6, 6.07) is 10.1. The lowest BCUT2D eigenvalue weighted by atomic mass is 9.94. The summed E-state index contributed by atoms with van der Waals surface area (Å²) in [4.78, 5) is 11.6. The van der Waals surface area contributed by atoms with Crippen LogP contribution < -0.4 is 11.1 Å². The minimum atomic E-state index is -0.306. The van der Waals surface area contributed by atoms with Gasteiger partial charge in [-0.2, -0.15) is 0 Å². The molecule has 0 aliphatic rings. The van der Waals surface area contributed by atoms with Gasteiger partial charge in [-0.05, 0) is 24.8 Å². The number of nitrogens with one attached hydrogen (secondary N) is 1. The number of rotatable bonds is 9. The van der Waals surface area contributed by atoms with E-state index in [-0.39, 0.29) is 18.1 Å². The van der Waals surface area contributed by atoms with Crippen molar-refractivity contribution in [2.45, 2.75) is 38.6 Å². The number of amides is 1. The molecule has 112 valence electrons. The van der Waals surface area contributed by atoms with Gasteiger partial charge in [-0.15, -0.1) is 0 Å². The van der Waals surface area contributed by atoms with Crippen LogP contribution in [-0.4, -0.2) is 31.2 Å².